The molecule has 24 heavy (non-hydrogen) atoms. The number of hydrogen-bond donors (Lipinski definition) is 2. The lowest BCUT2D eigenvalue weighted by atomic mass is 10.0. The minimum Gasteiger partial charge on any atom is -0.480 e. The molecule has 1 aromatic carbocycles. The molecular weight excluding hydrogens is 312 g/mol. The standard InChI is InChI=1S/C16H20N4O4/c1-9(2)8-13(14(21)17-10(3)16(23)24)20-15(22)11-6-4-5-7-12(11)18-19-20/h4-7,9-10,13H,8H2,1-3H3,(H,17,21)(H,23,24)/t10-,13+/m0/s1. The highest BCUT2D eigenvalue weighted by atomic mass is 16.4. The molecule has 1 aromatic heterocycles. The van der Waals surface area contributed by atoms with Gasteiger partial charge in [-0.05, 0) is 31.4 Å². The largest absolute Gasteiger partial charge is 0.480 e. The molecular formula is C16H20N4O4. The van der Waals surface area contributed by atoms with Crippen molar-refractivity contribution >= 4 is 22.8 Å². The van der Waals surface area contributed by atoms with E-state index in [9.17, 15) is 14.4 Å². The average molecular weight is 332 g/mol. The highest BCUT2D eigenvalue weighted by Gasteiger charge is 2.27. The van der Waals surface area contributed by atoms with Gasteiger partial charge < -0.3 is 10.4 Å². The van der Waals surface area contributed by atoms with Crippen LogP contribution in [-0.2, 0) is 9.59 Å². The lowest BCUT2D eigenvalue weighted by Gasteiger charge is -2.21. The average Bonchev–Trinajstić information content (AvgIpc) is 2.53. The van der Waals surface area contributed by atoms with Crippen molar-refractivity contribution in [2.24, 2.45) is 5.92 Å². The minimum atomic E-state index is -1.15. The number of amides is 1. The van der Waals surface area contributed by atoms with E-state index in [1.54, 1.807) is 24.3 Å². The summed E-state index contributed by atoms with van der Waals surface area (Å²) in [5, 5.41) is 19.6. The van der Waals surface area contributed by atoms with Crippen molar-refractivity contribution in [3.63, 3.8) is 0 Å². The van der Waals surface area contributed by atoms with Crippen molar-refractivity contribution in [1.82, 2.24) is 20.3 Å². The summed E-state index contributed by atoms with van der Waals surface area (Å²) in [4.78, 5) is 36.1. The Bertz CT molecular complexity index is 815. The number of nitrogens with zero attached hydrogens (tertiary/aromatic N) is 3. The van der Waals surface area contributed by atoms with Crippen LogP contribution in [0.2, 0.25) is 0 Å². The third-order valence-corrected chi connectivity index (χ3v) is 3.61. The molecule has 1 amide bonds. The summed E-state index contributed by atoms with van der Waals surface area (Å²) in [6, 6.07) is 4.76. The number of fused-ring (bicyclic) bond motifs is 1. The maximum Gasteiger partial charge on any atom is 0.325 e. The fourth-order valence-electron chi connectivity index (χ4n) is 2.34. The molecule has 0 aliphatic carbocycles. The minimum absolute atomic E-state index is 0.0982. The number of aromatic nitrogens is 3. The highest BCUT2D eigenvalue weighted by molar-refractivity contribution is 5.86. The number of carboxylic acids is 1. The Morgan fingerprint density at radius 1 is 1.25 bits per heavy atom. The van der Waals surface area contributed by atoms with E-state index in [-0.39, 0.29) is 5.92 Å². The van der Waals surface area contributed by atoms with Crippen molar-refractivity contribution in [3.05, 3.63) is 34.6 Å². The van der Waals surface area contributed by atoms with Crippen LogP contribution in [0.4, 0.5) is 0 Å². The number of carbonyl (C=O) groups is 2. The summed E-state index contributed by atoms with van der Waals surface area (Å²) in [5.41, 5.74) is 0.0192. The molecule has 2 N–H and O–H groups in total. The zero-order valence-electron chi connectivity index (χ0n) is 13.8. The van der Waals surface area contributed by atoms with E-state index in [1.807, 2.05) is 13.8 Å². The Morgan fingerprint density at radius 2 is 1.92 bits per heavy atom. The molecule has 0 fully saturated rings. The maximum absolute atomic E-state index is 12.6. The van der Waals surface area contributed by atoms with Gasteiger partial charge in [0.15, 0.2) is 0 Å². The first-order chi connectivity index (χ1) is 11.3. The van der Waals surface area contributed by atoms with Gasteiger partial charge in [0, 0.05) is 0 Å². The van der Waals surface area contributed by atoms with E-state index in [1.165, 1.54) is 6.92 Å². The van der Waals surface area contributed by atoms with Gasteiger partial charge in [-0.2, -0.15) is 4.68 Å². The van der Waals surface area contributed by atoms with Crippen LogP contribution in [0.25, 0.3) is 10.9 Å². The predicted molar refractivity (Wildman–Crippen MR) is 87.5 cm³/mol. The van der Waals surface area contributed by atoms with Crippen LogP contribution in [0, 0.1) is 5.92 Å². The molecule has 2 rings (SSSR count). The van der Waals surface area contributed by atoms with Crippen molar-refractivity contribution in [2.45, 2.75) is 39.3 Å². The van der Waals surface area contributed by atoms with Crippen molar-refractivity contribution in [1.29, 1.82) is 0 Å². The quantitative estimate of drug-likeness (QED) is 0.814. The first kappa shape index (κ1) is 17.6. The van der Waals surface area contributed by atoms with Gasteiger partial charge >= 0.3 is 5.97 Å². The second-order valence-corrected chi connectivity index (χ2v) is 6.07. The van der Waals surface area contributed by atoms with Gasteiger partial charge in [0.1, 0.15) is 17.6 Å². The van der Waals surface area contributed by atoms with E-state index in [4.69, 9.17) is 5.11 Å². The van der Waals surface area contributed by atoms with Crippen LogP contribution in [0.15, 0.2) is 29.1 Å². The summed E-state index contributed by atoms with van der Waals surface area (Å²) in [5.74, 6) is -1.62. The molecule has 8 heteroatoms. The van der Waals surface area contributed by atoms with Crippen LogP contribution >= 0.6 is 0 Å². The Morgan fingerprint density at radius 3 is 2.54 bits per heavy atom. The van der Waals surface area contributed by atoms with E-state index in [0.29, 0.717) is 17.3 Å². The van der Waals surface area contributed by atoms with Gasteiger partial charge in [-0.3, -0.25) is 14.4 Å². The summed E-state index contributed by atoms with van der Waals surface area (Å²) in [7, 11) is 0. The Kier molecular flexibility index (Phi) is 5.28. The molecule has 1 heterocycles. The van der Waals surface area contributed by atoms with Crippen LogP contribution in [0.1, 0.15) is 33.2 Å². The molecule has 8 nitrogen and oxygen atoms in total. The first-order valence-electron chi connectivity index (χ1n) is 7.68. The van der Waals surface area contributed by atoms with Crippen LogP contribution < -0.4 is 10.9 Å². The lowest BCUT2D eigenvalue weighted by Crippen LogP contribution is -2.45. The van der Waals surface area contributed by atoms with Gasteiger partial charge in [-0.1, -0.05) is 31.2 Å². The molecule has 0 aliphatic rings. The maximum atomic E-state index is 12.6. The Hall–Kier alpha value is -2.77. The van der Waals surface area contributed by atoms with Crippen LogP contribution in [0.5, 0.6) is 0 Å². The monoisotopic (exact) mass is 332 g/mol. The number of carbonyl (C=O) groups excluding carboxylic acids is 1. The Labute approximate surface area is 138 Å². The van der Waals surface area contributed by atoms with Gasteiger partial charge in [0.05, 0.1) is 5.39 Å². The molecule has 128 valence electrons. The fraction of sp³-hybridized carbons (Fsp3) is 0.438. The molecule has 0 bridgehead atoms. The van der Waals surface area contributed by atoms with Crippen molar-refractivity contribution in [3.8, 4) is 0 Å². The number of aliphatic carboxylic acids is 1. The van der Waals surface area contributed by atoms with Crippen LogP contribution in [-0.4, -0.2) is 38.0 Å². The SMILES string of the molecule is CC(C)C[C@H](C(=O)N[C@@H](C)C(=O)O)n1nnc2ccccc2c1=O. The molecule has 0 saturated heterocycles. The molecule has 0 spiro atoms. The molecule has 0 radical (unpaired) electrons. The third-order valence-electron chi connectivity index (χ3n) is 3.61. The number of rotatable bonds is 6. The number of hydrogen-bond acceptors (Lipinski definition) is 5. The Balaban J connectivity index is 2.44. The first-order valence-corrected chi connectivity index (χ1v) is 7.68. The zero-order valence-corrected chi connectivity index (χ0v) is 13.8. The summed E-state index contributed by atoms with van der Waals surface area (Å²) in [6.07, 6.45) is 0.338. The van der Waals surface area contributed by atoms with Gasteiger partial charge in [0.2, 0.25) is 5.91 Å². The number of nitrogens with one attached hydrogen (secondary N) is 1. The normalized spacial score (nSPS) is 13.7. The second-order valence-electron chi connectivity index (χ2n) is 6.07. The lowest BCUT2D eigenvalue weighted by molar-refractivity contribution is -0.142. The van der Waals surface area contributed by atoms with Crippen molar-refractivity contribution < 1.29 is 14.7 Å². The summed E-state index contributed by atoms with van der Waals surface area (Å²) in [6.45, 7) is 5.17. The van der Waals surface area contributed by atoms with Crippen molar-refractivity contribution in [2.75, 3.05) is 0 Å². The highest BCUT2D eigenvalue weighted by Crippen LogP contribution is 2.16. The van der Waals surface area contributed by atoms with Crippen LogP contribution in [0.3, 0.4) is 0 Å². The summed E-state index contributed by atoms with van der Waals surface area (Å²) >= 11 is 0. The molecule has 0 aliphatic heterocycles. The predicted octanol–water partition coefficient (Wildman–Crippen LogP) is 0.968. The van der Waals surface area contributed by atoms with Gasteiger partial charge in [-0.15, -0.1) is 5.10 Å². The molecule has 0 unspecified atom stereocenters. The smallest absolute Gasteiger partial charge is 0.325 e. The number of carboxylic acid groups (broad SMARTS) is 1. The van der Waals surface area contributed by atoms with E-state index in [0.717, 1.165) is 4.68 Å². The fourth-order valence-corrected chi connectivity index (χ4v) is 2.34. The summed E-state index contributed by atoms with van der Waals surface area (Å²) < 4.78 is 1.03. The zero-order chi connectivity index (χ0) is 17.9. The topological polar surface area (TPSA) is 114 Å². The van der Waals surface area contributed by atoms with Gasteiger partial charge in [-0.25, -0.2) is 0 Å². The third kappa shape index (κ3) is 3.76. The van der Waals surface area contributed by atoms with E-state index >= 15 is 0 Å². The van der Waals surface area contributed by atoms with E-state index < -0.39 is 29.5 Å². The molecule has 0 saturated carbocycles. The number of benzene rings is 1. The molecule has 2 atom stereocenters. The van der Waals surface area contributed by atoms with E-state index in [2.05, 4.69) is 15.6 Å². The van der Waals surface area contributed by atoms with Gasteiger partial charge in [0.25, 0.3) is 5.56 Å². The molecule has 2 aromatic rings. The second kappa shape index (κ2) is 7.20.